The zero-order chi connectivity index (χ0) is 17.0. The Labute approximate surface area is 148 Å². The summed E-state index contributed by atoms with van der Waals surface area (Å²) in [5.41, 5.74) is 2.43. The van der Waals surface area contributed by atoms with Crippen molar-refractivity contribution in [1.29, 1.82) is 0 Å². The summed E-state index contributed by atoms with van der Waals surface area (Å²) >= 11 is 6.69. The van der Waals surface area contributed by atoms with E-state index in [1.807, 2.05) is 6.08 Å². The number of thiocarbonyl (C=S) groups is 1. The Kier molecular flexibility index (Phi) is 6.00. The van der Waals surface area contributed by atoms with Crippen LogP contribution in [0.15, 0.2) is 29.2 Å². The van der Waals surface area contributed by atoms with Gasteiger partial charge < -0.3 is 4.74 Å². The molecule has 124 valence electrons. The highest BCUT2D eigenvalue weighted by Crippen LogP contribution is 2.33. The molecule has 0 N–H and O–H groups in total. The summed E-state index contributed by atoms with van der Waals surface area (Å²) in [5, 5.41) is 0. The number of carbonyl (C=O) groups is 1. The van der Waals surface area contributed by atoms with Gasteiger partial charge in [0, 0.05) is 20.3 Å². The van der Waals surface area contributed by atoms with E-state index in [2.05, 4.69) is 45.0 Å². The van der Waals surface area contributed by atoms with Crippen LogP contribution in [0.25, 0.3) is 6.08 Å². The van der Waals surface area contributed by atoms with Crippen LogP contribution < -0.4 is 0 Å². The van der Waals surface area contributed by atoms with Crippen LogP contribution in [0.5, 0.6) is 0 Å². The molecule has 1 amide bonds. The van der Waals surface area contributed by atoms with Gasteiger partial charge in [0.05, 0.1) is 4.91 Å². The van der Waals surface area contributed by atoms with E-state index in [4.69, 9.17) is 17.0 Å². The van der Waals surface area contributed by atoms with Gasteiger partial charge in [0.1, 0.15) is 4.32 Å². The second-order valence-electron chi connectivity index (χ2n) is 6.55. The van der Waals surface area contributed by atoms with E-state index in [1.165, 1.54) is 17.3 Å². The molecule has 0 atom stereocenters. The Balaban J connectivity index is 2.11. The lowest BCUT2D eigenvalue weighted by atomic mass is 9.87. The summed E-state index contributed by atoms with van der Waals surface area (Å²) in [6, 6.07) is 8.34. The van der Waals surface area contributed by atoms with Crippen molar-refractivity contribution in [2.75, 3.05) is 20.3 Å². The van der Waals surface area contributed by atoms with Crippen molar-refractivity contribution in [1.82, 2.24) is 4.90 Å². The number of methoxy groups -OCH3 is 1. The maximum Gasteiger partial charge on any atom is 0.266 e. The number of ether oxygens (including phenoxy) is 1. The van der Waals surface area contributed by atoms with Crippen molar-refractivity contribution in [3.05, 3.63) is 40.3 Å². The average Bonchev–Trinajstić information content (AvgIpc) is 2.74. The topological polar surface area (TPSA) is 29.5 Å². The summed E-state index contributed by atoms with van der Waals surface area (Å²) in [5.74, 6) is -0.00370. The summed E-state index contributed by atoms with van der Waals surface area (Å²) in [6.45, 7) is 7.80. The molecule has 3 nitrogen and oxygen atoms in total. The lowest BCUT2D eigenvalue weighted by Crippen LogP contribution is -2.29. The second kappa shape index (κ2) is 7.60. The molecular formula is C18H23NO2S2. The molecule has 1 aromatic rings. The zero-order valence-corrected chi connectivity index (χ0v) is 15.7. The van der Waals surface area contributed by atoms with E-state index in [-0.39, 0.29) is 11.3 Å². The molecule has 0 saturated carbocycles. The van der Waals surface area contributed by atoms with Crippen molar-refractivity contribution in [3.63, 3.8) is 0 Å². The molecule has 1 aromatic carbocycles. The number of thioether (sulfide) groups is 1. The van der Waals surface area contributed by atoms with Crippen LogP contribution in [0.2, 0.25) is 0 Å². The standard InChI is InChI=1S/C18H23NO2S2/c1-18(2,3)14-8-6-13(7-9-14)12-15-16(20)19(17(22)23-15)10-5-11-21-4/h6-9,12H,5,10-11H2,1-4H3. The van der Waals surface area contributed by atoms with Crippen molar-refractivity contribution >= 4 is 40.3 Å². The first-order valence-electron chi connectivity index (χ1n) is 7.68. The monoisotopic (exact) mass is 349 g/mol. The summed E-state index contributed by atoms with van der Waals surface area (Å²) in [4.78, 5) is 14.8. The van der Waals surface area contributed by atoms with Gasteiger partial charge in [-0.25, -0.2) is 0 Å². The van der Waals surface area contributed by atoms with E-state index in [1.54, 1.807) is 12.0 Å². The quantitative estimate of drug-likeness (QED) is 0.452. The van der Waals surface area contributed by atoms with Crippen LogP contribution >= 0.6 is 24.0 Å². The van der Waals surface area contributed by atoms with E-state index in [0.29, 0.717) is 22.4 Å². The van der Waals surface area contributed by atoms with Gasteiger partial charge in [0.25, 0.3) is 5.91 Å². The van der Waals surface area contributed by atoms with Crippen LogP contribution in [0.4, 0.5) is 0 Å². The molecule has 0 aliphatic carbocycles. The predicted octanol–water partition coefficient (Wildman–Crippen LogP) is 4.22. The highest BCUT2D eigenvalue weighted by Gasteiger charge is 2.31. The fourth-order valence-corrected chi connectivity index (χ4v) is 3.60. The molecule has 5 heteroatoms. The van der Waals surface area contributed by atoms with Gasteiger partial charge in [-0.2, -0.15) is 0 Å². The Morgan fingerprint density at radius 2 is 1.91 bits per heavy atom. The Bertz CT molecular complexity index is 615. The number of carbonyl (C=O) groups excluding carboxylic acids is 1. The Morgan fingerprint density at radius 3 is 2.48 bits per heavy atom. The number of rotatable bonds is 5. The fourth-order valence-electron chi connectivity index (χ4n) is 2.29. The number of amides is 1. The minimum Gasteiger partial charge on any atom is -0.385 e. The largest absolute Gasteiger partial charge is 0.385 e. The molecule has 0 radical (unpaired) electrons. The fraction of sp³-hybridized carbons (Fsp3) is 0.444. The number of nitrogens with zero attached hydrogens (tertiary/aromatic N) is 1. The summed E-state index contributed by atoms with van der Waals surface area (Å²) < 4.78 is 5.66. The smallest absolute Gasteiger partial charge is 0.266 e. The van der Waals surface area contributed by atoms with Gasteiger partial charge in [-0.1, -0.05) is 69.0 Å². The highest BCUT2D eigenvalue weighted by atomic mass is 32.2. The number of benzene rings is 1. The average molecular weight is 350 g/mol. The van der Waals surface area contributed by atoms with E-state index >= 15 is 0 Å². The van der Waals surface area contributed by atoms with Crippen molar-refractivity contribution in [2.45, 2.75) is 32.6 Å². The molecule has 0 unspecified atom stereocenters. The normalized spacial score (nSPS) is 17.4. The Hall–Kier alpha value is -1.17. The van der Waals surface area contributed by atoms with E-state index in [9.17, 15) is 4.79 Å². The molecule has 0 aromatic heterocycles. The SMILES string of the molecule is COCCCN1C(=O)C(=Cc2ccc(C(C)(C)C)cc2)SC1=S. The van der Waals surface area contributed by atoms with Crippen LogP contribution in [0.3, 0.4) is 0 Å². The Morgan fingerprint density at radius 1 is 1.26 bits per heavy atom. The summed E-state index contributed by atoms with van der Waals surface area (Å²) in [7, 11) is 1.66. The molecular weight excluding hydrogens is 326 g/mol. The molecule has 1 saturated heterocycles. The lowest BCUT2D eigenvalue weighted by molar-refractivity contribution is -0.122. The van der Waals surface area contributed by atoms with Gasteiger partial charge in [0.15, 0.2) is 0 Å². The van der Waals surface area contributed by atoms with E-state index in [0.717, 1.165) is 12.0 Å². The molecule has 1 fully saturated rings. The summed E-state index contributed by atoms with van der Waals surface area (Å²) in [6.07, 6.45) is 2.71. The van der Waals surface area contributed by atoms with Crippen LogP contribution in [-0.2, 0) is 14.9 Å². The minimum atomic E-state index is -0.00370. The molecule has 1 aliphatic heterocycles. The van der Waals surface area contributed by atoms with Gasteiger partial charge in [-0.05, 0) is 29.0 Å². The molecule has 1 heterocycles. The maximum atomic E-state index is 12.4. The van der Waals surface area contributed by atoms with Gasteiger partial charge in [-0.3, -0.25) is 9.69 Å². The van der Waals surface area contributed by atoms with Crippen molar-refractivity contribution in [2.24, 2.45) is 0 Å². The number of hydrogen-bond donors (Lipinski definition) is 0. The predicted molar refractivity (Wildman–Crippen MR) is 102 cm³/mol. The second-order valence-corrected chi connectivity index (χ2v) is 8.23. The van der Waals surface area contributed by atoms with Crippen molar-refractivity contribution < 1.29 is 9.53 Å². The third-order valence-electron chi connectivity index (χ3n) is 3.68. The lowest BCUT2D eigenvalue weighted by Gasteiger charge is -2.18. The van der Waals surface area contributed by atoms with Crippen LogP contribution in [-0.4, -0.2) is 35.4 Å². The van der Waals surface area contributed by atoms with Crippen LogP contribution in [0.1, 0.15) is 38.3 Å². The first-order valence-corrected chi connectivity index (χ1v) is 8.90. The van der Waals surface area contributed by atoms with Gasteiger partial charge in [0.2, 0.25) is 0 Å². The molecule has 2 rings (SSSR count). The maximum absolute atomic E-state index is 12.4. The third kappa shape index (κ3) is 4.66. The first-order chi connectivity index (χ1) is 10.8. The molecule has 0 spiro atoms. The third-order valence-corrected chi connectivity index (χ3v) is 5.06. The van der Waals surface area contributed by atoms with Crippen LogP contribution in [0, 0.1) is 0 Å². The number of hydrogen-bond acceptors (Lipinski definition) is 4. The zero-order valence-electron chi connectivity index (χ0n) is 14.1. The highest BCUT2D eigenvalue weighted by molar-refractivity contribution is 8.26. The molecule has 23 heavy (non-hydrogen) atoms. The van der Waals surface area contributed by atoms with E-state index < -0.39 is 0 Å². The van der Waals surface area contributed by atoms with Gasteiger partial charge >= 0.3 is 0 Å². The van der Waals surface area contributed by atoms with Crippen molar-refractivity contribution in [3.8, 4) is 0 Å². The first kappa shape index (κ1) is 18.2. The molecule has 0 bridgehead atoms. The molecule has 1 aliphatic rings. The minimum absolute atomic E-state index is 0.00370. The van der Waals surface area contributed by atoms with Gasteiger partial charge in [-0.15, -0.1) is 0 Å².